The number of carbonyl (C=O) groups excluding carboxylic acids is 3. The molecule has 2 aromatic carbocycles. The first kappa shape index (κ1) is 25.2. The molecule has 1 saturated heterocycles. The van der Waals surface area contributed by atoms with Crippen molar-refractivity contribution >= 4 is 56.6 Å². The van der Waals surface area contributed by atoms with Crippen LogP contribution in [0.3, 0.4) is 0 Å². The first-order valence-corrected chi connectivity index (χ1v) is 11.9. The van der Waals surface area contributed by atoms with E-state index in [-0.39, 0.29) is 35.3 Å². The van der Waals surface area contributed by atoms with Crippen molar-refractivity contribution in [2.45, 2.75) is 13.2 Å². The molecular weight excluding hydrogens is 556 g/mol. The average Bonchev–Trinajstić information content (AvgIpc) is 3.44. The van der Waals surface area contributed by atoms with Gasteiger partial charge in [-0.2, -0.15) is 0 Å². The molecule has 0 radical (unpaired) electrons. The first-order chi connectivity index (χ1) is 17.2. The summed E-state index contributed by atoms with van der Waals surface area (Å²) in [6.07, 6.45) is 1.56. The Kier molecular flexibility index (Phi) is 7.55. The van der Waals surface area contributed by atoms with Crippen molar-refractivity contribution in [3.8, 4) is 5.75 Å². The molecule has 1 aliphatic heterocycles. The maximum atomic E-state index is 13.0. The molecule has 3 aromatic rings. The van der Waals surface area contributed by atoms with E-state index < -0.39 is 22.0 Å². The van der Waals surface area contributed by atoms with Crippen molar-refractivity contribution in [3.63, 3.8) is 0 Å². The molecule has 0 spiro atoms. The molecule has 0 saturated carbocycles. The number of benzene rings is 2. The van der Waals surface area contributed by atoms with Crippen molar-refractivity contribution in [3.05, 3.63) is 96.7 Å². The van der Waals surface area contributed by atoms with Gasteiger partial charge in [0.1, 0.15) is 18.1 Å². The third-order valence-corrected chi connectivity index (χ3v) is 6.44. The van der Waals surface area contributed by atoms with Gasteiger partial charge >= 0.3 is 5.97 Å². The number of ether oxygens (including phenoxy) is 2. The zero-order chi connectivity index (χ0) is 25.8. The summed E-state index contributed by atoms with van der Waals surface area (Å²) in [6.45, 7) is 0.00392. The number of esters is 1. The summed E-state index contributed by atoms with van der Waals surface area (Å²) >= 11 is 4.18. The van der Waals surface area contributed by atoms with Crippen LogP contribution in [0.25, 0.3) is 6.08 Å². The number of thioether (sulfide) groups is 1. The van der Waals surface area contributed by atoms with Gasteiger partial charge in [-0.1, -0.05) is 15.9 Å². The van der Waals surface area contributed by atoms with Gasteiger partial charge < -0.3 is 13.9 Å². The van der Waals surface area contributed by atoms with E-state index in [0.29, 0.717) is 11.3 Å². The number of hydrogen-bond donors (Lipinski definition) is 0. The Labute approximate surface area is 217 Å². The molecular formula is C24H17BrN2O8S. The molecule has 184 valence electrons. The van der Waals surface area contributed by atoms with Gasteiger partial charge in [0.25, 0.3) is 16.8 Å². The molecule has 12 heteroatoms. The largest absolute Gasteiger partial charge is 0.488 e. The van der Waals surface area contributed by atoms with Gasteiger partial charge in [0.15, 0.2) is 0 Å². The van der Waals surface area contributed by atoms with Crippen LogP contribution in [0.1, 0.15) is 27.4 Å². The topological polar surface area (TPSA) is 129 Å². The number of carbonyl (C=O) groups is 3. The number of hydrogen-bond acceptors (Lipinski definition) is 9. The SMILES string of the molecule is COC(=O)c1ccc(CN2C(=O)S/C(=C/c3cc(Br)ccc3OCc3ccc([N+](=O)[O-])cc3)C2=O)o1. The third-order valence-electron chi connectivity index (χ3n) is 5.04. The molecule has 0 aliphatic carbocycles. The molecule has 1 aromatic heterocycles. The Morgan fingerprint density at radius 2 is 1.92 bits per heavy atom. The molecule has 0 bridgehead atoms. The van der Waals surface area contributed by atoms with Crippen LogP contribution < -0.4 is 4.74 Å². The van der Waals surface area contributed by atoms with E-state index >= 15 is 0 Å². The normalized spacial score (nSPS) is 14.4. The zero-order valence-electron chi connectivity index (χ0n) is 18.6. The predicted octanol–water partition coefficient (Wildman–Crippen LogP) is 5.55. The van der Waals surface area contributed by atoms with Gasteiger partial charge in [-0.05, 0) is 65.9 Å². The molecule has 36 heavy (non-hydrogen) atoms. The maximum absolute atomic E-state index is 13.0. The van der Waals surface area contributed by atoms with Gasteiger partial charge in [-0.25, -0.2) is 4.79 Å². The van der Waals surface area contributed by atoms with Crippen molar-refractivity contribution in [2.24, 2.45) is 0 Å². The van der Waals surface area contributed by atoms with Gasteiger partial charge in [-0.3, -0.25) is 24.6 Å². The Morgan fingerprint density at radius 1 is 1.17 bits per heavy atom. The number of methoxy groups -OCH3 is 1. The first-order valence-electron chi connectivity index (χ1n) is 10.3. The fourth-order valence-corrected chi connectivity index (χ4v) is 4.45. The molecule has 1 fully saturated rings. The molecule has 0 atom stereocenters. The van der Waals surface area contributed by atoms with Crippen LogP contribution in [0.5, 0.6) is 5.75 Å². The van der Waals surface area contributed by atoms with E-state index in [4.69, 9.17) is 9.15 Å². The van der Waals surface area contributed by atoms with E-state index in [2.05, 4.69) is 20.7 Å². The zero-order valence-corrected chi connectivity index (χ0v) is 21.0. The molecule has 10 nitrogen and oxygen atoms in total. The minimum Gasteiger partial charge on any atom is -0.488 e. The van der Waals surface area contributed by atoms with Gasteiger partial charge in [0.05, 0.1) is 23.5 Å². The Hall–Kier alpha value is -3.90. The van der Waals surface area contributed by atoms with E-state index in [1.54, 1.807) is 36.4 Å². The number of furan rings is 1. The second-order valence-electron chi connectivity index (χ2n) is 7.42. The van der Waals surface area contributed by atoms with Crippen molar-refractivity contribution < 1.29 is 33.2 Å². The molecule has 0 unspecified atom stereocenters. The van der Waals surface area contributed by atoms with Gasteiger partial charge in [0.2, 0.25) is 5.76 Å². The van der Waals surface area contributed by atoms with Crippen LogP contribution in [-0.2, 0) is 22.7 Å². The summed E-state index contributed by atoms with van der Waals surface area (Å²) in [7, 11) is 1.22. The smallest absolute Gasteiger partial charge is 0.373 e. The van der Waals surface area contributed by atoms with Gasteiger partial charge in [0, 0.05) is 22.2 Å². The van der Waals surface area contributed by atoms with Crippen molar-refractivity contribution in [2.75, 3.05) is 7.11 Å². The second kappa shape index (κ2) is 10.8. The van der Waals surface area contributed by atoms with Crippen LogP contribution in [0.4, 0.5) is 10.5 Å². The quantitative estimate of drug-likeness (QED) is 0.147. The molecule has 4 rings (SSSR count). The Morgan fingerprint density at radius 3 is 2.61 bits per heavy atom. The minimum absolute atomic E-state index is 0.0186. The number of amides is 2. The number of halogens is 1. The highest BCUT2D eigenvalue weighted by Gasteiger charge is 2.36. The van der Waals surface area contributed by atoms with Crippen LogP contribution >= 0.6 is 27.7 Å². The highest BCUT2D eigenvalue weighted by molar-refractivity contribution is 9.10. The standard InChI is InChI=1S/C24H17BrN2O8S/c1-33-23(29)20-9-7-18(35-20)12-26-22(28)21(36-24(26)30)11-15-10-16(25)4-8-19(15)34-13-14-2-5-17(6-3-14)27(31)32/h2-11H,12-13H2,1H3/b21-11+. The summed E-state index contributed by atoms with van der Waals surface area (Å²) in [6, 6.07) is 14.1. The summed E-state index contributed by atoms with van der Waals surface area (Å²) in [5.74, 6) is -0.488. The number of nitro benzene ring substituents is 1. The fourth-order valence-electron chi connectivity index (χ4n) is 3.25. The number of rotatable bonds is 8. The lowest BCUT2D eigenvalue weighted by molar-refractivity contribution is -0.384. The molecule has 2 amide bonds. The summed E-state index contributed by atoms with van der Waals surface area (Å²) in [4.78, 5) is 48.6. The predicted molar refractivity (Wildman–Crippen MR) is 133 cm³/mol. The van der Waals surface area contributed by atoms with Crippen LogP contribution in [0, 0.1) is 10.1 Å². The van der Waals surface area contributed by atoms with E-state index in [1.807, 2.05) is 0 Å². The monoisotopic (exact) mass is 572 g/mol. The lowest BCUT2D eigenvalue weighted by atomic mass is 10.1. The van der Waals surface area contributed by atoms with E-state index in [9.17, 15) is 24.5 Å². The van der Waals surface area contributed by atoms with Crippen LogP contribution in [-0.4, -0.2) is 34.0 Å². The summed E-state index contributed by atoms with van der Waals surface area (Å²) in [5, 5.41) is 10.4. The van der Waals surface area contributed by atoms with Crippen LogP contribution in [0.15, 0.2) is 68.4 Å². The molecule has 0 N–H and O–H groups in total. The Balaban J connectivity index is 1.50. The molecule has 2 heterocycles. The second-order valence-corrected chi connectivity index (χ2v) is 9.33. The number of nitrogens with zero attached hydrogens (tertiary/aromatic N) is 2. The van der Waals surface area contributed by atoms with Gasteiger partial charge in [-0.15, -0.1) is 0 Å². The highest BCUT2D eigenvalue weighted by Crippen LogP contribution is 2.36. The number of non-ortho nitro benzene ring substituents is 1. The fraction of sp³-hybridized carbons (Fsp3) is 0.125. The Bertz CT molecular complexity index is 1380. The van der Waals surface area contributed by atoms with E-state index in [1.165, 1.54) is 31.4 Å². The highest BCUT2D eigenvalue weighted by atomic mass is 79.9. The van der Waals surface area contributed by atoms with Crippen LogP contribution in [0.2, 0.25) is 0 Å². The molecule has 1 aliphatic rings. The minimum atomic E-state index is -0.661. The number of imide groups is 1. The lowest BCUT2D eigenvalue weighted by Gasteiger charge is -2.11. The average molecular weight is 573 g/mol. The third kappa shape index (κ3) is 5.66. The number of nitro groups is 1. The van der Waals surface area contributed by atoms with Crippen molar-refractivity contribution in [1.82, 2.24) is 4.90 Å². The van der Waals surface area contributed by atoms with E-state index in [0.717, 1.165) is 26.7 Å². The maximum Gasteiger partial charge on any atom is 0.373 e. The summed E-state index contributed by atoms with van der Waals surface area (Å²) in [5.41, 5.74) is 1.26. The van der Waals surface area contributed by atoms with Crippen molar-refractivity contribution in [1.29, 1.82) is 0 Å². The lowest BCUT2D eigenvalue weighted by Crippen LogP contribution is -2.27. The summed E-state index contributed by atoms with van der Waals surface area (Å²) < 4.78 is 16.6.